The quantitative estimate of drug-likeness (QED) is 0.165. The second-order valence-electron chi connectivity index (χ2n) is 11.7. The number of hydrogen-bond acceptors (Lipinski definition) is 10. The maximum Gasteiger partial charge on any atom is 0.256 e. The first-order chi connectivity index (χ1) is 24.4. The van der Waals surface area contributed by atoms with Gasteiger partial charge in [-0.2, -0.15) is 0 Å². The lowest BCUT2D eigenvalue weighted by molar-refractivity contribution is -0.0942. The molecule has 12 heteroatoms. The van der Waals surface area contributed by atoms with Crippen LogP contribution in [-0.4, -0.2) is 74.8 Å². The van der Waals surface area contributed by atoms with Crippen LogP contribution in [0, 0.1) is 0 Å². The molecule has 4 atom stereocenters. The number of fused-ring (bicyclic) bond motifs is 1. The Hall–Kier alpha value is -5.66. The van der Waals surface area contributed by atoms with Crippen LogP contribution in [0.3, 0.4) is 0 Å². The van der Waals surface area contributed by atoms with Gasteiger partial charge in [0.1, 0.15) is 41.7 Å². The molecule has 0 spiro atoms. The zero-order chi connectivity index (χ0) is 34.7. The van der Waals surface area contributed by atoms with E-state index in [1.165, 1.54) is 17.2 Å². The Balaban J connectivity index is 1.20. The molecule has 0 aliphatic carbocycles. The fraction of sp³-hybridized carbons (Fsp3) is 0.211. The van der Waals surface area contributed by atoms with Gasteiger partial charge in [0.25, 0.3) is 5.91 Å². The van der Waals surface area contributed by atoms with Crippen molar-refractivity contribution >= 4 is 22.9 Å². The Morgan fingerprint density at radius 3 is 1.96 bits per heavy atom. The number of nitrogens with one attached hydrogen (secondary N) is 1. The van der Waals surface area contributed by atoms with Crippen LogP contribution in [0.5, 0.6) is 11.5 Å². The summed E-state index contributed by atoms with van der Waals surface area (Å²) < 4.78 is 25.6. The summed E-state index contributed by atoms with van der Waals surface area (Å²) in [5.74, 6) is 1.21. The molecule has 4 aromatic carbocycles. The Morgan fingerprint density at radius 2 is 1.36 bits per heavy atom. The van der Waals surface area contributed by atoms with Crippen LogP contribution in [0.2, 0.25) is 0 Å². The minimum absolute atomic E-state index is 0.109. The number of methoxy groups -OCH3 is 2. The molecule has 1 saturated heterocycles. The molecule has 1 aliphatic heterocycles. The standard InChI is InChI=1S/C38H35N5O7/c1-47-28-17-13-26(14-18-28)38(25-11-7-4-8-12-25,27-15-19-29(48-2)20-16-27)49-21-30-32(44)33(45)37(50-30)43-23-41-31-34(39-22-40-35(31)43)42-36(46)24-9-5-3-6-10-24/h3-20,22-23,30,32-33,37,44-45H,21H2,1-2H3,(H,39,40,42,46)/t30-,32?,33-,37?/m1/s1. The third-order valence-corrected chi connectivity index (χ3v) is 8.88. The molecule has 0 radical (unpaired) electrons. The fourth-order valence-corrected chi connectivity index (χ4v) is 6.28. The van der Waals surface area contributed by atoms with Crippen LogP contribution in [0.4, 0.5) is 5.82 Å². The van der Waals surface area contributed by atoms with Gasteiger partial charge in [0, 0.05) is 5.56 Å². The van der Waals surface area contributed by atoms with Crippen LogP contribution in [0.15, 0.2) is 122 Å². The van der Waals surface area contributed by atoms with E-state index >= 15 is 0 Å². The third kappa shape index (κ3) is 6.05. The van der Waals surface area contributed by atoms with Gasteiger partial charge >= 0.3 is 0 Å². The molecule has 12 nitrogen and oxygen atoms in total. The molecule has 0 bridgehead atoms. The van der Waals surface area contributed by atoms with E-state index in [0.717, 1.165) is 16.7 Å². The minimum Gasteiger partial charge on any atom is -0.497 e. The van der Waals surface area contributed by atoms with Crippen LogP contribution < -0.4 is 14.8 Å². The van der Waals surface area contributed by atoms with Crippen LogP contribution in [0.25, 0.3) is 11.2 Å². The number of aromatic nitrogens is 4. The first kappa shape index (κ1) is 32.9. The number of imidazole rings is 1. The fourth-order valence-electron chi connectivity index (χ4n) is 6.28. The summed E-state index contributed by atoms with van der Waals surface area (Å²) >= 11 is 0. The van der Waals surface area contributed by atoms with Gasteiger partial charge in [-0.05, 0) is 53.1 Å². The largest absolute Gasteiger partial charge is 0.497 e. The maximum atomic E-state index is 12.9. The summed E-state index contributed by atoms with van der Waals surface area (Å²) in [5, 5.41) is 25.4. The van der Waals surface area contributed by atoms with Gasteiger partial charge in [0.15, 0.2) is 23.2 Å². The van der Waals surface area contributed by atoms with Crippen molar-refractivity contribution in [3.63, 3.8) is 0 Å². The number of aliphatic hydroxyl groups is 2. The summed E-state index contributed by atoms with van der Waals surface area (Å²) in [6.45, 7) is -0.109. The molecule has 1 fully saturated rings. The van der Waals surface area contributed by atoms with E-state index in [1.807, 2.05) is 84.9 Å². The number of ether oxygens (including phenoxy) is 4. The number of carbonyl (C=O) groups is 1. The summed E-state index contributed by atoms with van der Waals surface area (Å²) in [6.07, 6.45) is -1.97. The summed E-state index contributed by atoms with van der Waals surface area (Å²) in [4.78, 5) is 25.9. The van der Waals surface area contributed by atoms with Crippen LogP contribution in [-0.2, 0) is 15.1 Å². The SMILES string of the molecule is COc1ccc(C(OC[C@H]2OC(n3cnc4c(NC(=O)c5ccccc5)ncnc43)[C@H](O)C2O)(c2ccccc2)c2ccc(OC)cc2)cc1. The van der Waals surface area contributed by atoms with E-state index in [0.29, 0.717) is 28.2 Å². The van der Waals surface area contributed by atoms with Crippen molar-refractivity contribution in [1.82, 2.24) is 19.5 Å². The molecule has 50 heavy (non-hydrogen) atoms. The van der Waals surface area contributed by atoms with Gasteiger partial charge in [0.2, 0.25) is 0 Å². The van der Waals surface area contributed by atoms with E-state index in [9.17, 15) is 15.0 Å². The molecule has 2 unspecified atom stereocenters. The zero-order valence-electron chi connectivity index (χ0n) is 27.3. The van der Waals surface area contributed by atoms with Gasteiger partial charge in [-0.3, -0.25) is 9.36 Å². The molecular weight excluding hydrogens is 638 g/mol. The lowest BCUT2D eigenvalue weighted by Crippen LogP contribution is -2.39. The highest BCUT2D eigenvalue weighted by molar-refractivity contribution is 6.06. The van der Waals surface area contributed by atoms with E-state index < -0.39 is 30.1 Å². The summed E-state index contributed by atoms with van der Waals surface area (Å²) in [6, 6.07) is 33.7. The average Bonchev–Trinajstić information content (AvgIpc) is 3.73. The van der Waals surface area contributed by atoms with Crippen LogP contribution >= 0.6 is 0 Å². The number of benzene rings is 4. The molecule has 7 rings (SSSR count). The van der Waals surface area contributed by atoms with Gasteiger partial charge < -0.3 is 34.5 Å². The molecule has 254 valence electrons. The number of hydrogen-bond donors (Lipinski definition) is 3. The maximum absolute atomic E-state index is 12.9. The number of rotatable bonds is 11. The number of nitrogens with zero attached hydrogens (tertiary/aromatic N) is 4. The van der Waals surface area contributed by atoms with Crippen molar-refractivity contribution in [3.8, 4) is 11.5 Å². The first-order valence-electron chi connectivity index (χ1n) is 16.0. The van der Waals surface area contributed by atoms with Crippen molar-refractivity contribution in [1.29, 1.82) is 0 Å². The van der Waals surface area contributed by atoms with Crippen molar-refractivity contribution in [2.45, 2.75) is 30.1 Å². The second kappa shape index (κ2) is 14.1. The summed E-state index contributed by atoms with van der Waals surface area (Å²) in [5.41, 5.74) is 2.34. The molecular formula is C38H35N5O7. The molecule has 6 aromatic rings. The second-order valence-corrected chi connectivity index (χ2v) is 11.7. The number of carbonyl (C=O) groups excluding carboxylic acids is 1. The first-order valence-corrected chi connectivity index (χ1v) is 16.0. The van der Waals surface area contributed by atoms with E-state index in [2.05, 4.69) is 20.3 Å². The van der Waals surface area contributed by atoms with E-state index in [1.54, 1.807) is 38.5 Å². The molecule has 1 amide bonds. The van der Waals surface area contributed by atoms with E-state index in [4.69, 9.17) is 18.9 Å². The smallest absolute Gasteiger partial charge is 0.256 e. The Kier molecular flexibility index (Phi) is 9.24. The van der Waals surface area contributed by atoms with Gasteiger partial charge in [-0.15, -0.1) is 0 Å². The predicted molar refractivity (Wildman–Crippen MR) is 184 cm³/mol. The van der Waals surface area contributed by atoms with E-state index in [-0.39, 0.29) is 18.3 Å². The Labute approximate surface area is 287 Å². The number of aliphatic hydroxyl groups excluding tert-OH is 2. The van der Waals surface area contributed by atoms with Crippen molar-refractivity contribution in [2.75, 3.05) is 26.1 Å². The molecule has 3 heterocycles. The van der Waals surface area contributed by atoms with Crippen molar-refractivity contribution < 1.29 is 34.0 Å². The highest BCUT2D eigenvalue weighted by Crippen LogP contribution is 2.43. The Morgan fingerprint density at radius 1 is 0.780 bits per heavy atom. The average molecular weight is 674 g/mol. The minimum atomic E-state index is -1.36. The highest BCUT2D eigenvalue weighted by Gasteiger charge is 2.47. The molecule has 0 saturated carbocycles. The van der Waals surface area contributed by atoms with Gasteiger partial charge in [0.05, 0.1) is 27.2 Å². The third-order valence-electron chi connectivity index (χ3n) is 8.88. The predicted octanol–water partition coefficient (Wildman–Crippen LogP) is 4.72. The highest BCUT2D eigenvalue weighted by atomic mass is 16.6. The monoisotopic (exact) mass is 673 g/mol. The lowest BCUT2D eigenvalue weighted by Gasteiger charge is -2.37. The van der Waals surface area contributed by atoms with Gasteiger partial charge in [-0.25, -0.2) is 15.0 Å². The molecule has 1 aliphatic rings. The summed E-state index contributed by atoms with van der Waals surface area (Å²) in [7, 11) is 3.22. The number of anilines is 1. The topological polar surface area (TPSA) is 150 Å². The van der Waals surface area contributed by atoms with Gasteiger partial charge in [-0.1, -0.05) is 72.8 Å². The normalized spacial score (nSPS) is 19.0. The number of amides is 1. The van der Waals surface area contributed by atoms with Crippen LogP contribution in [0.1, 0.15) is 33.3 Å². The lowest BCUT2D eigenvalue weighted by atomic mass is 9.80. The van der Waals surface area contributed by atoms with Crippen molar-refractivity contribution in [3.05, 3.63) is 144 Å². The van der Waals surface area contributed by atoms with Crippen molar-refractivity contribution in [2.24, 2.45) is 0 Å². The Bertz CT molecular complexity index is 2010. The molecule has 2 aromatic heterocycles. The molecule has 3 N–H and O–H groups in total. The zero-order valence-corrected chi connectivity index (χ0v) is 27.3.